The Hall–Kier alpha value is -1.35. The molecule has 0 atom stereocenters. The molecule has 0 saturated carbocycles. The largest absolute Gasteiger partial charge is 0.382 e. The smallest absolute Gasteiger partial charge is 0.254 e. The van der Waals surface area contributed by atoms with Crippen molar-refractivity contribution in [3.05, 3.63) is 35.4 Å². The van der Waals surface area contributed by atoms with E-state index < -0.39 is 0 Å². The molecule has 92 valence electrons. The summed E-state index contributed by atoms with van der Waals surface area (Å²) in [4.78, 5) is 14.1. The molecule has 1 aliphatic rings. The molecule has 1 aromatic carbocycles. The maximum Gasteiger partial charge on any atom is 0.254 e. The van der Waals surface area contributed by atoms with Crippen LogP contribution in [0.2, 0.25) is 0 Å². The number of fused-ring (bicyclic) bond motifs is 1. The van der Waals surface area contributed by atoms with Crippen LogP contribution in [0.5, 0.6) is 0 Å². The Morgan fingerprint density at radius 1 is 1.35 bits per heavy atom. The van der Waals surface area contributed by atoms with Gasteiger partial charge >= 0.3 is 0 Å². The average molecular weight is 233 g/mol. The van der Waals surface area contributed by atoms with Gasteiger partial charge in [-0.1, -0.05) is 18.2 Å². The van der Waals surface area contributed by atoms with E-state index in [2.05, 4.69) is 0 Å². The van der Waals surface area contributed by atoms with Gasteiger partial charge in [0.25, 0.3) is 5.91 Å². The summed E-state index contributed by atoms with van der Waals surface area (Å²) < 4.78 is 5.29. The van der Waals surface area contributed by atoms with E-state index in [0.717, 1.165) is 44.7 Å². The van der Waals surface area contributed by atoms with Crippen LogP contribution in [-0.4, -0.2) is 37.1 Å². The first-order valence-electron chi connectivity index (χ1n) is 6.28. The third-order valence-corrected chi connectivity index (χ3v) is 3.11. The van der Waals surface area contributed by atoms with Crippen molar-refractivity contribution in [1.82, 2.24) is 4.90 Å². The summed E-state index contributed by atoms with van der Waals surface area (Å²) in [6.45, 7) is 5.11. The second-order valence-electron chi connectivity index (χ2n) is 4.25. The molecule has 0 aromatic heterocycles. The lowest BCUT2D eigenvalue weighted by molar-refractivity contribution is 0.0709. The van der Waals surface area contributed by atoms with Crippen LogP contribution in [0, 0.1) is 0 Å². The molecule has 0 saturated heterocycles. The fraction of sp³-hybridized carbons (Fsp3) is 0.500. The highest BCUT2D eigenvalue weighted by Crippen LogP contribution is 2.18. The van der Waals surface area contributed by atoms with E-state index in [1.165, 1.54) is 5.56 Å². The maximum atomic E-state index is 12.2. The quantitative estimate of drug-likeness (QED) is 0.729. The molecule has 0 fully saturated rings. The lowest BCUT2D eigenvalue weighted by Gasteiger charge is -2.28. The van der Waals surface area contributed by atoms with Gasteiger partial charge in [0.15, 0.2) is 0 Å². The number of amides is 1. The number of rotatable bonds is 5. The molecular weight excluding hydrogens is 214 g/mol. The monoisotopic (exact) mass is 233 g/mol. The van der Waals surface area contributed by atoms with Gasteiger partial charge in [-0.25, -0.2) is 0 Å². The minimum absolute atomic E-state index is 0.170. The molecule has 1 aromatic rings. The number of nitrogens with zero attached hydrogens (tertiary/aromatic N) is 1. The Balaban J connectivity index is 1.93. The first-order valence-corrected chi connectivity index (χ1v) is 6.28. The molecule has 2 rings (SSSR count). The van der Waals surface area contributed by atoms with Gasteiger partial charge < -0.3 is 9.64 Å². The maximum absolute atomic E-state index is 12.2. The van der Waals surface area contributed by atoms with Gasteiger partial charge in [-0.05, 0) is 31.4 Å². The van der Waals surface area contributed by atoms with Crippen LogP contribution < -0.4 is 0 Å². The van der Waals surface area contributed by atoms with Crippen LogP contribution in [0.4, 0.5) is 0 Å². The van der Waals surface area contributed by atoms with Gasteiger partial charge in [-0.3, -0.25) is 4.79 Å². The van der Waals surface area contributed by atoms with Gasteiger partial charge in [0.2, 0.25) is 0 Å². The molecule has 0 radical (unpaired) electrons. The number of carbonyl (C=O) groups excluding carboxylic acids is 1. The van der Waals surface area contributed by atoms with E-state index in [1.54, 1.807) is 0 Å². The lowest BCUT2D eigenvalue weighted by atomic mass is 9.99. The standard InChI is InChI=1S/C14H19NO2/c1-2-17-11-5-9-15-10-8-12-6-3-4-7-13(12)14(15)16/h3-4,6-7H,2,5,8-11H2,1H3. The predicted octanol–water partition coefficient (Wildman–Crippen LogP) is 2.11. The van der Waals surface area contributed by atoms with Crippen molar-refractivity contribution in [1.29, 1.82) is 0 Å². The second-order valence-corrected chi connectivity index (χ2v) is 4.25. The summed E-state index contributed by atoms with van der Waals surface area (Å²) in [5.41, 5.74) is 2.05. The first kappa shape index (κ1) is 12.1. The third kappa shape index (κ3) is 2.86. The van der Waals surface area contributed by atoms with Crippen molar-refractivity contribution in [2.75, 3.05) is 26.3 Å². The number of ether oxygens (including phenoxy) is 1. The molecule has 0 spiro atoms. The average Bonchev–Trinajstić information content (AvgIpc) is 2.37. The predicted molar refractivity (Wildman–Crippen MR) is 67.2 cm³/mol. The molecule has 3 nitrogen and oxygen atoms in total. The fourth-order valence-corrected chi connectivity index (χ4v) is 2.19. The summed E-state index contributed by atoms with van der Waals surface area (Å²) in [5, 5.41) is 0. The molecule has 1 amide bonds. The van der Waals surface area contributed by atoms with Crippen LogP contribution in [0.1, 0.15) is 29.3 Å². The summed E-state index contributed by atoms with van der Waals surface area (Å²) >= 11 is 0. The molecule has 0 aliphatic carbocycles. The second kappa shape index (κ2) is 5.82. The Labute approximate surface area is 102 Å². The van der Waals surface area contributed by atoms with E-state index in [0.29, 0.717) is 0 Å². The zero-order valence-electron chi connectivity index (χ0n) is 10.3. The van der Waals surface area contributed by atoms with Crippen LogP contribution >= 0.6 is 0 Å². The summed E-state index contributed by atoms with van der Waals surface area (Å²) in [6.07, 6.45) is 1.89. The first-order chi connectivity index (χ1) is 8.33. The molecule has 1 heterocycles. The van der Waals surface area contributed by atoms with Crippen LogP contribution in [0.25, 0.3) is 0 Å². The van der Waals surface area contributed by atoms with E-state index in [4.69, 9.17) is 4.74 Å². The summed E-state index contributed by atoms with van der Waals surface area (Å²) in [5.74, 6) is 0.170. The van der Waals surface area contributed by atoms with E-state index in [1.807, 2.05) is 36.1 Å². The summed E-state index contributed by atoms with van der Waals surface area (Å²) in [7, 11) is 0. The molecule has 3 heteroatoms. The topological polar surface area (TPSA) is 29.5 Å². The van der Waals surface area contributed by atoms with Gasteiger partial charge in [0.1, 0.15) is 0 Å². The van der Waals surface area contributed by atoms with Crippen LogP contribution in [0.15, 0.2) is 24.3 Å². The van der Waals surface area contributed by atoms with Crippen molar-refractivity contribution in [2.45, 2.75) is 19.8 Å². The Morgan fingerprint density at radius 3 is 3.00 bits per heavy atom. The van der Waals surface area contributed by atoms with Gasteiger partial charge in [0, 0.05) is 31.9 Å². The van der Waals surface area contributed by atoms with Gasteiger partial charge in [-0.15, -0.1) is 0 Å². The molecule has 0 bridgehead atoms. The number of hydrogen-bond acceptors (Lipinski definition) is 2. The van der Waals surface area contributed by atoms with E-state index in [9.17, 15) is 4.79 Å². The number of benzene rings is 1. The Kier molecular flexibility index (Phi) is 4.15. The minimum atomic E-state index is 0.170. The number of hydrogen-bond donors (Lipinski definition) is 0. The van der Waals surface area contributed by atoms with Gasteiger partial charge in [0.05, 0.1) is 0 Å². The van der Waals surface area contributed by atoms with Crippen molar-refractivity contribution in [2.24, 2.45) is 0 Å². The SMILES string of the molecule is CCOCCCN1CCc2ccccc2C1=O. The summed E-state index contributed by atoms with van der Waals surface area (Å²) in [6, 6.07) is 7.90. The fourth-order valence-electron chi connectivity index (χ4n) is 2.19. The molecule has 0 unspecified atom stereocenters. The highest BCUT2D eigenvalue weighted by atomic mass is 16.5. The normalized spacial score (nSPS) is 14.9. The zero-order chi connectivity index (χ0) is 12.1. The van der Waals surface area contributed by atoms with Crippen LogP contribution in [-0.2, 0) is 11.2 Å². The Morgan fingerprint density at radius 2 is 2.18 bits per heavy atom. The highest BCUT2D eigenvalue weighted by molar-refractivity contribution is 5.96. The molecule has 0 N–H and O–H groups in total. The van der Waals surface area contributed by atoms with Crippen molar-refractivity contribution >= 4 is 5.91 Å². The zero-order valence-corrected chi connectivity index (χ0v) is 10.3. The molecule has 17 heavy (non-hydrogen) atoms. The number of carbonyl (C=O) groups is 1. The van der Waals surface area contributed by atoms with Crippen molar-refractivity contribution < 1.29 is 9.53 Å². The minimum Gasteiger partial charge on any atom is -0.382 e. The van der Waals surface area contributed by atoms with E-state index in [-0.39, 0.29) is 5.91 Å². The van der Waals surface area contributed by atoms with Crippen molar-refractivity contribution in [3.63, 3.8) is 0 Å². The lowest BCUT2D eigenvalue weighted by Crippen LogP contribution is -2.38. The highest BCUT2D eigenvalue weighted by Gasteiger charge is 2.22. The Bertz CT molecular complexity index is 390. The molecular formula is C14H19NO2. The van der Waals surface area contributed by atoms with Gasteiger partial charge in [-0.2, -0.15) is 0 Å². The third-order valence-electron chi connectivity index (χ3n) is 3.11. The molecule has 1 aliphatic heterocycles. The van der Waals surface area contributed by atoms with E-state index >= 15 is 0 Å². The van der Waals surface area contributed by atoms with Crippen LogP contribution in [0.3, 0.4) is 0 Å². The van der Waals surface area contributed by atoms with Crippen molar-refractivity contribution in [3.8, 4) is 0 Å².